The van der Waals surface area contributed by atoms with E-state index in [4.69, 9.17) is 5.11 Å². The van der Waals surface area contributed by atoms with Crippen LogP contribution in [0.3, 0.4) is 0 Å². The summed E-state index contributed by atoms with van der Waals surface area (Å²) in [5, 5.41) is 8.56. The average molecular weight is 238 g/mol. The number of carboxylic acids is 1. The fourth-order valence-electron chi connectivity index (χ4n) is 1.38. The van der Waals surface area contributed by atoms with E-state index in [-0.39, 0.29) is 30.1 Å². The molecule has 0 saturated heterocycles. The Morgan fingerprint density at radius 1 is 1.41 bits per heavy atom. The number of aliphatic carboxylic acids is 1. The van der Waals surface area contributed by atoms with Crippen LogP contribution in [-0.2, 0) is 4.79 Å². The zero-order valence-corrected chi connectivity index (χ0v) is 9.47. The maximum absolute atomic E-state index is 11.9. The van der Waals surface area contributed by atoms with E-state index in [0.717, 1.165) is 0 Å². The lowest BCUT2D eigenvalue weighted by Gasteiger charge is -2.19. The van der Waals surface area contributed by atoms with Crippen LogP contribution in [0.25, 0.3) is 0 Å². The van der Waals surface area contributed by atoms with Crippen molar-refractivity contribution in [2.75, 3.05) is 13.1 Å². The third-order valence-electron chi connectivity index (χ3n) is 2.26. The van der Waals surface area contributed by atoms with Crippen LogP contribution in [0.15, 0.2) is 23.0 Å². The van der Waals surface area contributed by atoms with Crippen LogP contribution in [0, 0.1) is 0 Å². The highest BCUT2D eigenvalue weighted by molar-refractivity contribution is 5.92. The van der Waals surface area contributed by atoms with Crippen molar-refractivity contribution >= 4 is 11.9 Å². The normalized spacial score (nSPS) is 9.94. The molecule has 1 heterocycles. The van der Waals surface area contributed by atoms with Crippen molar-refractivity contribution in [1.29, 1.82) is 0 Å². The van der Waals surface area contributed by atoms with Gasteiger partial charge in [-0.05, 0) is 13.0 Å². The molecule has 0 aliphatic heterocycles. The summed E-state index contributed by atoms with van der Waals surface area (Å²) in [7, 11) is 0. The summed E-state index contributed by atoms with van der Waals surface area (Å²) < 4.78 is 0. The predicted molar refractivity (Wildman–Crippen MR) is 60.9 cm³/mol. The van der Waals surface area contributed by atoms with Crippen LogP contribution < -0.4 is 5.56 Å². The highest BCUT2D eigenvalue weighted by atomic mass is 16.4. The van der Waals surface area contributed by atoms with Crippen LogP contribution >= 0.6 is 0 Å². The lowest BCUT2D eigenvalue weighted by Crippen LogP contribution is -2.34. The number of carbonyl (C=O) groups is 2. The first-order chi connectivity index (χ1) is 8.04. The van der Waals surface area contributed by atoms with Gasteiger partial charge in [-0.15, -0.1) is 0 Å². The summed E-state index contributed by atoms with van der Waals surface area (Å²) in [6.45, 7) is 2.27. The molecule has 6 heteroatoms. The van der Waals surface area contributed by atoms with E-state index in [1.165, 1.54) is 23.1 Å². The number of hydrogen-bond donors (Lipinski definition) is 2. The molecule has 0 fully saturated rings. The average Bonchev–Trinajstić information content (AvgIpc) is 2.29. The minimum Gasteiger partial charge on any atom is -0.481 e. The Bertz CT molecular complexity index is 467. The molecule has 0 unspecified atom stereocenters. The molecular formula is C11H14N2O4. The Balaban J connectivity index is 2.79. The van der Waals surface area contributed by atoms with Gasteiger partial charge < -0.3 is 15.0 Å². The van der Waals surface area contributed by atoms with Gasteiger partial charge in [0, 0.05) is 19.2 Å². The van der Waals surface area contributed by atoms with E-state index in [2.05, 4.69) is 4.98 Å². The maximum Gasteiger partial charge on any atom is 0.305 e. The summed E-state index contributed by atoms with van der Waals surface area (Å²) >= 11 is 0. The first-order valence-corrected chi connectivity index (χ1v) is 5.25. The van der Waals surface area contributed by atoms with Gasteiger partial charge in [-0.2, -0.15) is 0 Å². The van der Waals surface area contributed by atoms with E-state index in [1.807, 2.05) is 0 Å². The Hall–Kier alpha value is -2.11. The third-order valence-corrected chi connectivity index (χ3v) is 2.26. The Labute approximate surface area is 97.9 Å². The first-order valence-electron chi connectivity index (χ1n) is 5.25. The molecular weight excluding hydrogens is 224 g/mol. The zero-order chi connectivity index (χ0) is 12.8. The van der Waals surface area contributed by atoms with Crippen molar-refractivity contribution in [2.45, 2.75) is 13.3 Å². The van der Waals surface area contributed by atoms with E-state index >= 15 is 0 Å². The SMILES string of the molecule is CCN(CCC(=O)O)C(=O)c1cccc(=O)[nH]1. The smallest absolute Gasteiger partial charge is 0.305 e. The van der Waals surface area contributed by atoms with Gasteiger partial charge in [-0.1, -0.05) is 6.07 Å². The molecule has 0 aliphatic rings. The Morgan fingerprint density at radius 2 is 2.12 bits per heavy atom. The van der Waals surface area contributed by atoms with Crippen LogP contribution in [0.5, 0.6) is 0 Å². The van der Waals surface area contributed by atoms with Crippen LogP contribution in [0.1, 0.15) is 23.8 Å². The number of rotatable bonds is 5. The van der Waals surface area contributed by atoms with Crippen molar-refractivity contribution in [3.05, 3.63) is 34.2 Å². The molecule has 0 aliphatic carbocycles. The quantitative estimate of drug-likeness (QED) is 0.772. The summed E-state index contributed by atoms with van der Waals surface area (Å²) in [5.41, 5.74) is -0.185. The topological polar surface area (TPSA) is 90.5 Å². The summed E-state index contributed by atoms with van der Waals surface area (Å²) in [6, 6.07) is 4.29. The summed E-state index contributed by atoms with van der Waals surface area (Å²) in [4.78, 5) is 37.2. The van der Waals surface area contributed by atoms with Crippen molar-refractivity contribution in [3.63, 3.8) is 0 Å². The number of hydrogen-bond acceptors (Lipinski definition) is 3. The molecule has 6 nitrogen and oxygen atoms in total. The van der Waals surface area contributed by atoms with Crippen LogP contribution in [-0.4, -0.2) is 40.0 Å². The molecule has 1 rings (SSSR count). The number of H-pyrrole nitrogens is 1. The van der Waals surface area contributed by atoms with Gasteiger partial charge in [0.25, 0.3) is 5.91 Å². The second kappa shape index (κ2) is 5.83. The van der Waals surface area contributed by atoms with Gasteiger partial charge in [0.1, 0.15) is 5.69 Å². The van der Waals surface area contributed by atoms with Gasteiger partial charge in [0.15, 0.2) is 0 Å². The largest absolute Gasteiger partial charge is 0.481 e. The van der Waals surface area contributed by atoms with Crippen molar-refractivity contribution in [1.82, 2.24) is 9.88 Å². The molecule has 0 spiro atoms. The van der Waals surface area contributed by atoms with Gasteiger partial charge in [0.2, 0.25) is 5.56 Å². The monoisotopic (exact) mass is 238 g/mol. The molecule has 92 valence electrons. The zero-order valence-electron chi connectivity index (χ0n) is 9.47. The molecule has 0 radical (unpaired) electrons. The highest BCUT2D eigenvalue weighted by Gasteiger charge is 2.15. The number of aromatic nitrogens is 1. The fraction of sp³-hybridized carbons (Fsp3) is 0.364. The molecule has 1 aromatic heterocycles. The molecule has 17 heavy (non-hydrogen) atoms. The number of amides is 1. The number of nitrogens with zero attached hydrogens (tertiary/aromatic N) is 1. The number of carboxylic acid groups (broad SMARTS) is 1. The van der Waals surface area contributed by atoms with Crippen molar-refractivity contribution in [3.8, 4) is 0 Å². The number of pyridine rings is 1. The van der Waals surface area contributed by atoms with E-state index < -0.39 is 5.97 Å². The minimum absolute atomic E-state index is 0.114. The molecule has 0 saturated carbocycles. The minimum atomic E-state index is -0.960. The Morgan fingerprint density at radius 3 is 2.65 bits per heavy atom. The van der Waals surface area contributed by atoms with E-state index in [0.29, 0.717) is 6.54 Å². The van der Waals surface area contributed by atoms with Crippen molar-refractivity contribution < 1.29 is 14.7 Å². The fourth-order valence-corrected chi connectivity index (χ4v) is 1.38. The number of aromatic amines is 1. The Kier molecular flexibility index (Phi) is 4.45. The third kappa shape index (κ3) is 3.75. The molecule has 1 amide bonds. The van der Waals surface area contributed by atoms with E-state index in [9.17, 15) is 14.4 Å². The van der Waals surface area contributed by atoms with Crippen LogP contribution in [0.4, 0.5) is 0 Å². The highest BCUT2D eigenvalue weighted by Crippen LogP contribution is 2.01. The molecule has 0 aromatic carbocycles. The first kappa shape index (κ1) is 13.0. The molecule has 0 atom stereocenters. The van der Waals surface area contributed by atoms with E-state index in [1.54, 1.807) is 6.92 Å². The second-order valence-electron chi connectivity index (χ2n) is 3.46. The number of carbonyl (C=O) groups excluding carboxylic acids is 1. The second-order valence-corrected chi connectivity index (χ2v) is 3.46. The molecule has 0 bridgehead atoms. The lowest BCUT2D eigenvalue weighted by molar-refractivity contribution is -0.137. The predicted octanol–water partition coefficient (Wildman–Crippen LogP) is 0.312. The standard InChI is InChI=1S/C11H14N2O4/c1-2-13(7-6-10(15)16)11(17)8-4-3-5-9(14)12-8/h3-5H,2,6-7H2,1H3,(H,12,14)(H,15,16). The van der Waals surface area contributed by atoms with Crippen LogP contribution in [0.2, 0.25) is 0 Å². The summed E-state index contributed by atoms with van der Waals surface area (Å²) in [6.07, 6.45) is -0.114. The van der Waals surface area contributed by atoms with Gasteiger partial charge in [-0.25, -0.2) is 0 Å². The summed E-state index contributed by atoms with van der Waals surface area (Å²) in [5.74, 6) is -1.33. The lowest BCUT2D eigenvalue weighted by atomic mass is 10.3. The van der Waals surface area contributed by atoms with Gasteiger partial charge in [-0.3, -0.25) is 14.4 Å². The molecule has 1 aromatic rings. The number of nitrogens with one attached hydrogen (secondary N) is 1. The van der Waals surface area contributed by atoms with Crippen molar-refractivity contribution in [2.24, 2.45) is 0 Å². The maximum atomic E-state index is 11.9. The molecule has 2 N–H and O–H groups in total. The van der Waals surface area contributed by atoms with Gasteiger partial charge >= 0.3 is 5.97 Å². The van der Waals surface area contributed by atoms with Gasteiger partial charge in [0.05, 0.1) is 6.42 Å².